The number of rotatable bonds is 3. The Morgan fingerprint density at radius 1 is 1.25 bits per heavy atom. The average Bonchev–Trinajstić information content (AvgIpc) is 2.94. The normalized spacial score (nSPS) is 15.3. The highest BCUT2D eigenvalue weighted by Crippen LogP contribution is 2.13. The predicted molar refractivity (Wildman–Crippen MR) is 83.3 cm³/mol. The summed E-state index contributed by atoms with van der Waals surface area (Å²) in [7, 11) is 0. The van der Waals surface area contributed by atoms with Crippen molar-refractivity contribution in [2.24, 2.45) is 0 Å². The van der Waals surface area contributed by atoms with Crippen LogP contribution in [0.2, 0.25) is 0 Å². The average molecular weight is 339 g/mol. The van der Waals surface area contributed by atoms with Crippen molar-refractivity contribution in [3.05, 3.63) is 22.5 Å². The van der Waals surface area contributed by atoms with Crippen molar-refractivity contribution in [1.29, 1.82) is 0 Å². The van der Waals surface area contributed by atoms with E-state index in [-0.39, 0.29) is 18.4 Å². The standard InChI is InChI=1S/C14H21N5O5/c1-14(2,3)24-13(21)17-8-6-16(7-9-17)11(20)10-18-5-4-15-12(18)19(22)23/h4-5H,6-10H2,1-3H3. The maximum absolute atomic E-state index is 12.3. The van der Waals surface area contributed by atoms with Gasteiger partial charge in [0.05, 0.1) is 0 Å². The van der Waals surface area contributed by atoms with Gasteiger partial charge in [-0.25, -0.2) is 9.36 Å². The van der Waals surface area contributed by atoms with Crippen molar-refractivity contribution in [2.45, 2.75) is 32.9 Å². The number of nitrogens with zero attached hydrogens (tertiary/aromatic N) is 5. The van der Waals surface area contributed by atoms with Gasteiger partial charge in [-0.2, -0.15) is 0 Å². The Balaban J connectivity index is 1.88. The maximum Gasteiger partial charge on any atom is 0.435 e. The fourth-order valence-corrected chi connectivity index (χ4v) is 2.31. The molecular weight excluding hydrogens is 318 g/mol. The number of piperazine rings is 1. The van der Waals surface area contributed by atoms with E-state index < -0.39 is 16.6 Å². The summed E-state index contributed by atoms with van der Waals surface area (Å²) < 4.78 is 6.49. The Morgan fingerprint density at radius 3 is 2.38 bits per heavy atom. The highest BCUT2D eigenvalue weighted by Gasteiger charge is 2.28. The molecule has 1 fully saturated rings. The van der Waals surface area contributed by atoms with E-state index in [2.05, 4.69) is 4.98 Å². The van der Waals surface area contributed by atoms with E-state index in [1.54, 1.807) is 30.6 Å². The van der Waals surface area contributed by atoms with Crippen molar-refractivity contribution in [2.75, 3.05) is 26.2 Å². The number of carbonyl (C=O) groups excluding carboxylic acids is 2. The molecule has 1 saturated heterocycles. The lowest BCUT2D eigenvalue weighted by Crippen LogP contribution is -2.52. The molecule has 0 radical (unpaired) electrons. The van der Waals surface area contributed by atoms with Crippen molar-refractivity contribution in [3.63, 3.8) is 0 Å². The Hall–Kier alpha value is -2.65. The molecule has 10 nitrogen and oxygen atoms in total. The van der Waals surface area contributed by atoms with Gasteiger partial charge >= 0.3 is 12.0 Å². The first-order chi connectivity index (χ1) is 11.2. The van der Waals surface area contributed by atoms with E-state index in [9.17, 15) is 19.7 Å². The molecule has 0 bridgehead atoms. The summed E-state index contributed by atoms with van der Waals surface area (Å²) in [6.07, 6.45) is 2.28. The molecular formula is C14H21N5O5. The zero-order valence-electron chi connectivity index (χ0n) is 14.0. The van der Waals surface area contributed by atoms with Crippen molar-refractivity contribution in [3.8, 4) is 0 Å². The minimum absolute atomic E-state index is 0.150. The van der Waals surface area contributed by atoms with E-state index in [1.807, 2.05) is 0 Å². The van der Waals surface area contributed by atoms with Gasteiger partial charge in [0.25, 0.3) is 5.91 Å². The molecule has 1 aliphatic heterocycles. The van der Waals surface area contributed by atoms with Crippen LogP contribution in [0.15, 0.2) is 12.4 Å². The fourth-order valence-electron chi connectivity index (χ4n) is 2.31. The van der Waals surface area contributed by atoms with Crippen LogP contribution in [0.4, 0.5) is 10.7 Å². The van der Waals surface area contributed by atoms with E-state index in [4.69, 9.17) is 4.74 Å². The second kappa shape index (κ2) is 6.85. The molecule has 0 spiro atoms. The van der Waals surface area contributed by atoms with Crippen LogP contribution in [0, 0.1) is 10.1 Å². The lowest BCUT2D eigenvalue weighted by Gasteiger charge is -2.35. The van der Waals surface area contributed by atoms with Gasteiger partial charge in [0.1, 0.15) is 18.0 Å². The largest absolute Gasteiger partial charge is 0.444 e. The Labute approximate surface area is 139 Å². The number of imidazole rings is 1. The Morgan fingerprint density at radius 2 is 1.83 bits per heavy atom. The van der Waals surface area contributed by atoms with Crippen LogP contribution in [0.25, 0.3) is 0 Å². The van der Waals surface area contributed by atoms with Gasteiger partial charge in [-0.1, -0.05) is 4.98 Å². The van der Waals surface area contributed by atoms with Crippen LogP contribution in [-0.2, 0) is 16.1 Å². The molecule has 132 valence electrons. The summed E-state index contributed by atoms with van der Waals surface area (Å²) in [5, 5.41) is 10.8. The van der Waals surface area contributed by atoms with E-state index >= 15 is 0 Å². The molecule has 24 heavy (non-hydrogen) atoms. The molecule has 2 rings (SSSR count). The molecule has 1 aromatic rings. The van der Waals surface area contributed by atoms with Crippen LogP contribution in [-0.4, -0.2) is 68.1 Å². The summed E-state index contributed by atoms with van der Waals surface area (Å²) in [6, 6.07) is 0. The second-order valence-corrected chi connectivity index (χ2v) is 6.46. The fraction of sp³-hybridized carbons (Fsp3) is 0.643. The summed E-state index contributed by atoms with van der Waals surface area (Å²) in [5.41, 5.74) is -0.565. The molecule has 1 aliphatic rings. The first kappa shape index (κ1) is 17.7. The van der Waals surface area contributed by atoms with Gasteiger partial charge in [-0.05, 0) is 25.7 Å². The summed E-state index contributed by atoms with van der Waals surface area (Å²) in [6.45, 7) is 6.69. The quantitative estimate of drug-likeness (QED) is 0.597. The highest BCUT2D eigenvalue weighted by atomic mass is 16.6. The lowest BCUT2D eigenvalue weighted by molar-refractivity contribution is -0.396. The third-order valence-electron chi connectivity index (χ3n) is 3.45. The number of ether oxygens (including phenoxy) is 1. The van der Waals surface area contributed by atoms with Gasteiger partial charge in [0, 0.05) is 26.2 Å². The highest BCUT2D eigenvalue weighted by molar-refractivity contribution is 5.77. The number of aromatic nitrogens is 2. The van der Waals surface area contributed by atoms with Crippen LogP contribution in [0.3, 0.4) is 0 Å². The van der Waals surface area contributed by atoms with E-state index in [1.165, 1.54) is 17.0 Å². The molecule has 0 aliphatic carbocycles. The molecule has 10 heteroatoms. The minimum atomic E-state index is -0.631. The minimum Gasteiger partial charge on any atom is -0.444 e. The van der Waals surface area contributed by atoms with Gasteiger partial charge in [-0.3, -0.25) is 4.79 Å². The number of amides is 2. The number of carbonyl (C=O) groups is 2. The van der Waals surface area contributed by atoms with Crippen molar-refractivity contribution in [1.82, 2.24) is 19.4 Å². The lowest BCUT2D eigenvalue weighted by atomic mass is 10.2. The van der Waals surface area contributed by atoms with Gasteiger partial charge in [-0.15, -0.1) is 0 Å². The molecule has 0 aromatic carbocycles. The van der Waals surface area contributed by atoms with Gasteiger partial charge in [0.2, 0.25) is 0 Å². The zero-order chi connectivity index (χ0) is 17.9. The first-order valence-electron chi connectivity index (χ1n) is 7.58. The number of hydrogen-bond acceptors (Lipinski definition) is 6. The smallest absolute Gasteiger partial charge is 0.435 e. The van der Waals surface area contributed by atoms with E-state index in [0.717, 1.165) is 0 Å². The first-order valence-corrected chi connectivity index (χ1v) is 7.58. The molecule has 2 amide bonds. The molecule has 0 unspecified atom stereocenters. The predicted octanol–water partition coefficient (Wildman–Crippen LogP) is 0.871. The molecule has 0 saturated carbocycles. The second-order valence-electron chi connectivity index (χ2n) is 6.46. The Kier molecular flexibility index (Phi) is 5.05. The van der Waals surface area contributed by atoms with Crippen molar-refractivity contribution >= 4 is 17.9 Å². The van der Waals surface area contributed by atoms with Crippen LogP contribution < -0.4 is 0 Å². The summed E-state index contributed by atoms with van der Waals surface area (Å²) in [4.78, 5) is 41.2. The maximum atomic E-state index is 12.3. The number of hydrogen-bond donors (Lipinski definition) is 0. The zero-order valence-corrected chi connectivity index (χ0v) is 14.0. The van der Waals surface area contributed by atoms with E-state index in [0.29, 0.717) is 26.2 Å². The summed E-state index contributed by atoms with van der Waals surface area (Å²) in [5.74, 6) is -0.615. The SMILES string of the molecule is CC(C)(C)OC(=O)N1CCN(C(=O)Cn2ccnc2[N+](=O)[O-])CC1. The molecule has 0 N–H and O–H groups in total. The van der Waals surface area contributed by atoms with Gasteiger partial charge in [0.15, 0.2) is 6.54 Å². The topological polar surface area (TPSA) is 111 Å². The third-order valence-corrected chi connectivity index (χ3v) is 3.45. The van der Waals surface area contributed by atoms with Crippen LogP contribution in [0.1, 0.15) is 20.8 Å². The molecule has 0 atom stereocenters. The Bertz CT molecular complexity index is 628. The molecule has 1 aromatic heterocycles. The van der Waals surface area contributed by atoms with Crippen molar-refractivity contribution < 1.29 is 19.2 Å². The third kappa shape index (κ3) is 4.43. The van der Waals surface area contributed by atoms with Gasteiger partial charge < -0.3 is 24.7 Å². The van der Waals surface area contributed by atoms with Crippen LogP contribution in [0.5, 0.6) is 0 Å². The number of nitro groups is 1. The summed E-state index contributed by atoms with van der Waals surface area (Å²) >= 11 is 0. The molecule has 2 heterocycles. The monoisotopic (exact) mass is 339 g/mol. The van der Waals surface area contributed by atoms with Crippen LogP contribution >= 0.6 is 0 Å².